The van der Waals surface area contributed by atoms with Crippen LogP contribution in [0.1, 0.15) is 87.1 Å². The number of esters is 1. The Morgan fingerprint density at radius 2 is 1.48 bits per heavy atom. The van der Waals surface area contributed by atoms with E-state index in [1.807, 2.05) is 37.3 Å². The van der Waals surface area contributed by atoms with Gasteiger partial charge in [0.15, 0.2) is 0 Å². The monoisotopic (exact) mass is 616 g/mol. The molecule has 0 aliphatic carbocycles. The summed E-state index contributed by atoms with van der Waals surface area (Å²) in [5.41, 5.74) is -2.17. The van der Waals surface area contributed by atoms with Gasteiger partial charge in [0, 0.05) is 13.0 Å². The number of hydrogen-bond acceptors (Lipinski definition) is 7. The zero-order valence-electron chi connectivity index (χ0n) is 27.9. The molecular formula is C33H52N4O7. The first-order valence-corrected chi connectivity index (χ1v) is 15.1. The van der Waals surface area contributed by atoms with Crippen molar-refractivity contribution in [2.75, 3.05) is 13.1 Å². The quantitative estimate of drug-likeness (QED) is 0.199. The number of allylic oxidation sites excluding steroid dienone is 1. The highest BCUT2D eigenvalue weighted by molar-refractivity contribution is 5.96. The Morgan fingerprint density at radius 1 is 0.886 bits per heavy atom. The summed E-state index contributed by atoms with van der Waals surface area (Å²) in [7, 11) is 0. The average molecular weight is 617 g/mol. The average Bonchev–Trinajstić information content (AvgIpc) is 2.88. The van der Waals surface area contributed by atoms with Crippen LogP contribution in [0.25, 0.3) is 0 Å². The lowest BCUT2D eigenvalue weighted by Crippen LogP contribution is -2.62. The second-order valence-electron chi connectivity index (χ2n) is 13.2. The van der Waals surface area contributed by atoms with Gasteiger partial charge in [0.05, 0.1) is 0 Å². The van der Waals surface area contributed by atoms with Crippen LogP contribution in [0.5, 0.6) is 0 Å². The molecule has 11 nitrogen and oxygen atoms in total. The Kier molecular flexibility index (Phi) is 14.6. The number of rotatable bonds is 15. The van der Waals surface area contributed by atoms with Crippen LogP contribution in [0.2, 0.25) is 0 Å². The van der Waals surface area contributed by atoms with E-state index in [-0.39, 0.29) is 25.9 Å². The molecule has 0 saturated heterocycles. The number of alkyl carbamates (subject to hydrolysis) is 1. The third-order valence-electron chi connectivity index (χ3n) is 6.10. The van der Waals surface area contributed by atoms with E-state index < -0.39 is 58.6 Å². The summed E-state index contributed by atoms with van der Waals surface area (Å²) >= 11 is 0. The summed E-state index contributed by atoms with van der Waals surface area (Å²) in [6.07, 6.45) is 2.26. The summed E-state index contributed by atoms with van der Waals surface area (Å²) in [5, 5.41) is 8.07. The van der Waals surface area contributed by atoms with Crippen LogP contribution in [0.4, 0.5) is 4.79 Å². The van der Waals surface area contributed by atoms with Crippen molar-refractivity contribution < 1.29 is 33.4 Å². The number of ether oxygens (including phenoxy) is 2. The highest BCUT2D eigenvalue weighted by Crippen LogP contribution is 2.13. The molecule has 1 aromatic rings. The number of amides is 4. The summed E-state index contributed by atoms with van der Waals surface area (Å²) in [5.74, 6) is -2.22. The molecule has 11 heteroatoms. The SMILES string of the molecule is C=CCC[C@H](NC(=O)OC(C)(C)C)C(=O)NC(C)(C)C(=O)NC(Cc1ccccc1)C(=O)N(CCC)CC(=O)OC(C)(C)C. The van der Waals surface area contributed by atoms with E-state index >= 15 is 0 Å². The summed E-state index contributed by atoms with van der Waals surface area (Å²) < 4.78 is 10.7. The van der Waals surface area contributed by atoms with E-state index in [9.17, 15) is 24.0 Å². The first kappa shape index (κ1) is 38.1. The Bertz CT molecular complexity index is 1140. The first-order valence-electron chi connectivity index (χ1n) is 15.1. The van der Waals surface area contributed by atoms with E-state index in [1.54, 1.807) is 47.6 Å². The van der Waals surface area contributed by atoms with E-state index in [0.717, 1.165) is 5.56 Å². The number of carbonyl (C=O) groups is 5. The fraction of sp³-hybridized carbons (Fsp3) is 0.606. The van der Waals surface area contributed by atoms with Crippen molar-refractivity contribution in [3.63, 3.8) is 0 Å². The minimum atomic E-state index is -1.48. The molecule has 0 fully saturated rings. The highest BCUT2D eigenvalue weighted by atomic mass is 16.6. The molecule has 1 unspecified atom stereocenters. The fourth-order valence-electron chi connectivity index (χ4n) is 4.13. The van der Waals surface area contributed by atoms with Crippen molar-refractivity contribution in [1.82, 2.24) is 20.9 Å². The lowest BCUT2D eigenvalue weighted by atomic mass is 9.99. The molecule has 3 N–H and O–H groups in total. The lowest BCUT2D eigenvalue weighted by molar-refractivity contribution is -0.159. The maximum Gasteiger partial charge on any atom is 0.408 e. The van der Waals surface area contributed by atoms with Gasteiger partial charge in [0.25, 0.3) is 0 Å². The minimum Gasteiger partial charge on any atom is -0.459 e. The van der Waals surface area contributed by atoms with Crippen molar-refractivity contribution >= 4 is 29.8 Å². The standard InChI is InChI=1S/C33H52N4O7/c1-11-13-19-24(35-30(42)44-32(6,7)8)27(39)36-33(9,10)29(41)34-25(21-23-17-15-14-16-18-23)28(40)37(20-12-2)22-26(38)43-31(3,4)5/h11,14-18,24-25H,1,12-13,19-22H2,2-10H3,(H,34,41)(H,35,42)(H,36,39)/t24-,25?/m0/s1. The molecule has 1 rings (SSSR count). The van der Waals surface area contributed by atoms with Gasteiger partial charge in [0.1, 0.15) is 35.4 Å². The van der Waals surface area contributed by atoms with E-state index in [1.165, 1.54) is 18.7 Å². The topological polar surface area (TPSA) is 143 Å². The Labute approximate surface area is 262 Å². The Morgan fingerprint density at radius 3 is 2.00 bits per heavy atom. The van der Waals surface area contributed by atoms with E-state index in [4.69, 9.17) is 9.47 Å². The number of carbonyl (C=O) groups excluding carboxylic acids is 5. The zero-order chi connectivity index (χ0) is 33.7. The zero-order valence-corrected chi connectivity index (χ0v) is 27.9. The van der Waals surface area contributed by atoms with Crippen LogP contribution < -0.4 is 16.0 Å². The fourth-order valence-corrected chi connectivity index (χ4v) is 4.13. The van der Waals surface area contributed by atoms with Crippen LogP contribution in [0, 0.1) is 0 Å². The second kappa shape index (κ2) is 16.8. The molecule has 0 radical (unpaired) electrons. The summed E-state index contributed by atoms with van der Waals surface area (Å²) in [6, 6.07) is 7.14. The smallest absolute Gasteiger partial charge is 0.408 e. The summed E-state index contributed by atoms with van der Waals surface area (Å²) in [4.78, 5) is 67.2. The summed E-state index contributed by atoms with van der Waals surface area (Å²) in [6.45, 7) is 18.9. The van der Waals surface area contributed by atoms with Gasteiger partial charge in [-0.2, -0.15) is 0 Å². The maximum absolute atomic E-state index is 13.8. The largest absolute Gasteiger partial charge is 0.459 e. The van der Waals surface area contributed by atoms with Gasteiger partial charge in [-0.3, -0.25) is 19.2 Å². The lowest BCUT2D eigenvalue weighted by Gasteiger charge is -2.32. The van der Waals surface area contributed by atoms with Gasteiger partial charge < -0.3 is 30.3 Å². The third kappa shape index (κ3) is 14.5. The molecule has 0 aliphatic heterocycles. The molecule has 4 amide bonds. The maximum atomic E-state index is 13.8. The van der Waals surface area contributed by atoms with E-state index in [0.29, 0.717) is 12.8 Å². The predicted octanol–water partition coefficient (Wildman–Crippen LogP) is 4.05. The molecule has 0 aliphatic rings. The first-order chi connectivity index (χ1) is 20.3. The normalized spacial score (nSPS) is 13.1. The molecular weight excluding hydrogens is 564 g/mol. The van der Waals surface area contributed by atoms with E-state index in [2.05, 4.69) is 22.5 Å². The molecule has 2 atom stereocenters. The Hall–Kier alpha value is -3.89. The number of nitrogens with zero attached hydrogens (tertiary/aromatic N) is 1. The minimum absolute atomic E-state index is 0.159. The van der Waals surface area contributed by atoms with Crippen LogP contribution in [-0.2, 0) is 35.1 Å². The van der Waals surface area contributed by atoms with Gasteiger partial charge in [0.2, 0.25) is 17.7 Å². The van der Waals surface area contributed by atoms with Crippen LogP contribution in [-0.4, -0.2) is 76.6 Å². The van der Waals surface area contributed by atoms with Crippen LogP contribution in [0.3, 0.4) is 0 Å². The van der Waals surface area contributed by atoms with Gasteiger partial charge in [-0.05, 0) is 80.2 Å². The molecule has 0 spiro atoms. The third-order valence-corrected chi connectivity index (χ3v) is 6.10. The molecule has 1 aromatic carbocycles. The van der Waals surface area contributed by atoms with Gasteiger partial charge >= 0.3 is 12.1 Å². The van der Waals surface area contributed by atoms with Crippen molar-refractivity contribution in [3.05, 3.63) is 48.6 Å². The van der Waals surface area contributed by atoms with Crippen molar-refractivity contribution in [2.45, 2.75) is 117 Å². The van der Waals surface area contributed by atoms with Crippen molar-refractivity contribution in [3.8, 4) is 0 Å². The number of hydrogen-bond donors (Lipinski definition) is 3. The van der Waals surface area contributed by atoms with Gasteiger partial charge in [-0.15, -0.1) is 6.58 Å². The second-order valence-corrected chi connectivity index (χ2v) is 13.2. The predicted molar refractivity (Wildman–Crippen MR) is 170 cm³/mol. The van der Waals surface area contributed by atoms with Gasteiger partial charge in [-0.25, -0.2) is 4.79 Å². The molecule has 44 heavy (non-hydrogen) atoms. The van der Waals surface area contributed by atoms with Crippen molar-refractivity contribution in [1.29, 1.82) is 0 Å². The molecule has 0 heterocycles. The molecule has 0 bridgehead atoms. The van der Waals surface area contributed by atoms with Crippen LogP contribution in [0.15, 0.2) is 43.0 Å². The van der Waals surface area contributed by atoms with Gasteiger partial charge in [-0.1, -0.05) is 43.3 Å². The molecule has 246 valence electrons. The molecule has 0 aromatic heterocycles. The Balaban J connectivity index is 3.20. The van der Waals surface area contributed by atoms with Crippen LogP contribution >= 0.6 is 0 Å². The number of benzene rings is 1. The van der Waals surface area contributed by atoms with Crippen molar-refractivity contribution in [2.24, 2.45) is 0 Å². The molecule has 0 saturated carbocycles. The highest BCUT2D eigenvalue weighted by Gasteiger charge is 2.37. The number of nitrogens with one attached hydrogen (secondary N) is 3.